The van der Waals surface area contributed by atoms with Crippen LogP contribution in [0.15, 0.2) is 54.6 Å². The van der Waals surface area contributed by atoms with Crippen LogP contribution in [0, 0.1) is 6.92 Å². The molecule has 1 fully saturated rings. The third kappa shape index (κ3) is 3.92. The number of thiazole rings is 1. The van der Waals surface area contributed by atoms with E-state index in [4.69, 9.17) is 4.74 Å². The fourth-order valence-corrected chi connectivity index (χ4v) is 5.83. The Balaban J connectivity index is 1.53. The van der Waals surface area contributed by atoms with E-state index in [0.29, 0.717) is 41.9 Å². The minimum Gasteiger partial charge on any atom is -0.378 e. The summed E-state index contributed by atoms with van der Waals surface area (Å²) in [7, 11) is 0. The lowest BCUT2D eigenvalue weighted by Crippen LogP contribution is -2.41. The maximum atomic E-state index is 13.5. The van der Waals surface area contributed by atoms with Gasteiger partial charge in [-0.25, -0.2) is 4.98 Å². The molecule has 0 bridgehead atoms. The van der Waals surface area contributed by atoms with Crippen LogP contribution < -0.4 is 5.32 Å². The summed E-state index contributed by atoms with van der Waals surface area (Å²) in [6, 6.07) is 17.6. The number of fused-ring (bicyclic) bond motifs is 1. The average molecular weight is 464 g/mol. The quantitative estimate of drug-likeness (QED) is 0.459. The van der Waals surface area contributed by atoms with Crippen molar-refractivity contribution in [2.24, 2.45) is 0 Å². The standard InChI is InChI=1S/C24H21N3O3S2/c1-15-19(24(29)27-11-13-30-14-12-27)22(32-20(15)16-7-3-2-4-8-16)26-21(28)23-25-17-9-5-6-10-18(17)31-23/h2-10H,11-14H2,1H3,(H,26,28). The zero-order valence-corrected chi connectivity index (χ0v) is 19.1. The van der Waals surface area contributed by atoms with E-state index in [-0.39, 0.29) is 11.8 Å². The number of amides is 2. The minimum absolute atomic E-state index is 0.0798. The number of carbonyl (C=O) groups excluding carboxylic acids is 2. The molecule has 6 nitrogen and oxygen atoms in total. The van der Waals surface area contributed by atoms with Gasteiger partial charge < -0.3 is 15.0 Å². The highest BCUT2D eigenvalue weighted by Gasteiger charge is 2.28. The number of rotatable bonds is 4. The number of thiophene rings is 1. The van der Waals surface area contributed by atoms with Crippen molar-refractivity contribution in [3.05, 3.63) is 70.7 Å². The van der Waals surface area contributed by atoms with Gasteiger partial charge in [-0.2, -0.15) is 0 Å². The first kappa shape index (κ1) is 20.8. The molecule has 1 saturated heterocycles. The Kier molecular flexibility index (Phi) is 5.73. The molecule has 2 aromatic heterocycles. The number of ether oxygens (including phenoxy) is 1. The summed E-state index contributed by atoms with van der Waals surface area (Å²) < 4.78 is 6.36. The van der Waals surface area contributed by atoms with Gasteiger partial charge in [0.25, 0.3) is 11.8 Å². The first-order valence-electron chi connectivity index (χ1n) is 10.3. The van der Waals surface area contributed by atoms with Crippen LogP contribution in [0.3, 0.4) is 0 Å². The molecule has 1 aliphatic rings. The van der Waals surface area contributed by atoms with Crippen LogP contribution >= 0.6 is 22.7 Å². The molecule has 0 spiro atoms. The Bertz CT molecular complexity index is 1260. The topological polar surface area (TPSA) is 71.5 Å². The van der Waals surface area contributed by atoms with Crippen LogP contribution in [-0.4, -0.2) is 48.0 Å². The minimum atomic E-state index is -0.303. The molecule has 0 atom stereocenters. The Morgan fingerprint density at radius 1 is 1.00 bits per heavy atom. The highest BCUT2D eigenvalue weighted by Crippen LogP contribution is 2.41. The summed E-state index contributed by atoms with van der Waals surface area (Å²) in [5, 5.41) is 3.92. The fraction of sp³-hybridized carbons (Fsp3) is 0.208. The maximum absolute atomic E-state index is 13.5. The van der Waals surface area contributed by atoms with E-state index < -0.39 is 0 Å². The SMILES string of the molecule is Cc1c(-c2ccccc2)sc(NC(=O)c2nc3ccccc3s2)c1C(=O)N1CCOCC1. The average Bonchev–Trinajstić information content (AvgIpc) is 3.41. The molecule has 2 aromatic carbocycles. The predicted molar refractivity (Wildman–Crippen MR) is 129 cm³/mol. The summed E-state index contributed by atoms with van der Waals surface area (Å²) in [6.07, 6.45) is 0. The molecular formula is C24H21N3O3S2. The number of hydrogen-bond acceptors (Lipinski definition) is 6. The Labute approximate surface area is 193 Å². The number of hydrogen-bond donors (Lipinski definition) is 1. The van der Waals surface area contributed by atoms with Crippen molar-refractivity contribution in [3.63, 3.8) is 0 Å². The molecule has 162 valence electrons. The van der Waals surface area contributed by atoms with E-state index >= 15 is 0 Å². The second-order valence-electron chi connectivity index (χ2n) is 7.47. The third-order valence-electron chi connectivity index (χ3n) is 5.41. The lowest BCUT2D eigenvalue weighted by Gasteiger charge is -2.27. The van der Waals surface area contributed by atoms with Gasteiger partial charge in [0.1, 0.15) is 5.00 Å². The van der Waals surface area contributed by atoms with Gasteiger partial charge in [-0.15, -0.1) is 22.7 Å². The van der Waals surface area contributed by atoms with Crippen LogP contribution in [0.25, 0.3) is 20.7 Å². The molecule has 2 amide bonds. The van der Waals surface area contributed by atoms with Crippen LogP contribution in [-0.2, 0) is 4.74 Å². The highest BCUT2D eigenvalue weighted by atomic mass is 32.1. The fourth-order valence-electron chi connectivity index (χ4n) is 3.77. The molecule has 32 heavy (non-hydrogen) atoms. The number of morpholine rings is 1. The van der Waals surface area contributed by atoms with Gasteiger partial charge in [0, 0.05) is 18.0 Å². The number of para-hydroxylation sites is 1. The Hall–Kier alpha value is -3.07. The smallest absolute Gasteiger partial charge is 0.285 e. The Morgan fingerprint density at radius 2 is 1.72 bits per heavy atom. The van der Waals surface area contributed by atoms with E-state index in [1.165, 1.54) is 22.7 Å². The summed E-state index contributed by atoms with van der Waals surface area (Å²) in [6.45, 7) is 4.07. The zero-order chi connectivity index (χ0) is 22.1. The number of aromatic nitrogens is 1. The van der Waals surface area contributed by atoms with E-state index in [2.05, 4.69) is 10.3 Å². The molecule has 4 aromatic rings. The molecule has 0 unspecified atom stereocenters. The normalized spacial score (nSPS) is 14.0. The summed E-state index contributed by atoms with van der Waals surface area (Å²) in [5.74, 6) is -0.382. The van der Waals surface area contributed by atoms with Gasteiger partial charge in [0.15, 0.2) is 5.01 Å². The monoisotopic (exact) mass is 463 g/mol. The maximum Gasteiger partial charge on any atom is 0.285 e. The Morgan fingerprint density at radius 3 is 2.47 bits per heavy atom. The zero-order valence-electron chi connectivity index (χ0n) is 17.5. The summed E-state index contributed by atoms with van der Waals surface area (Å²) in [5.41, 5.74) is 3.23. The molecule has 1 aliphatic heterocycles. The van der Waals surface area contributed by atoms with Crippen molar-refractivity contribution >= 4 is 49.7 Å². The molecule has 0 aliphatic carbocycles. The van der Waals surface area contributed by atoms with Crippen LogP contribution in [0.1, 0.15) is 25.7 Å². The van der Waals surface area contributed by atoms with Gasteiger partial charge in [0.05, 0.1) is 29.0 Å². The number of nitrogens with zero attached hydrogens (tertiary/aromatic N) is 2. The largest absolute Gasteiger partial charge is 0.378 e. The van der Waals surface area contributed by atoms with E-state index in [9.17, 15) is 9.59 Å². The van der Waals surface area contributed by atoms with Crippen molar-refractivity contribution in [2.45, 2.75) is 6.92 Å². The second kappa shape index (κ2) is 8.82. The molecule has 1 N–H and O–H groups in total. The van der Waals surface area contributed by atoms with E-state index in [1.807, 2.05) is 61.5 Å². The molecule has 0 saturated carbocycles. The summed E-state index contributed by atoms with van der Waals surface area (Å²) in [4.78, 5) is 33.8. The van der Waals surface area contributed by atoms with Crippen LogP contribution in [0.2, 0.25) is 0 Å². The van der Waals surface area contributed by atoms with Gasteiger partial charge in [0.2, 0.25) is 0 Å². The highest BCUT2D eigenvalue weighted by molar-refractivity contribution is 7.21. The van der Waals surface area contributed by atoms with Crippen LogP contribution in [0.4, 0.5) is 5.00 Å². The van der Waals surface area contributed by atoms with Crippen molar-refractivity contribution in [1.82, 2.24) is 9.88 Å². The molecule has 0 radical (unpaired) electrons. The van der Waals surface area contributed by atoms with Crippen LogP contribution in [0.5, 0.6) is 0 Å². The predicted octanol–water partition coefficient (Wildman–Crippen LogP) is 5.06. The van der Waals surface area contributed by atoms with Crippen molar-refractivity contribution in [2.75, 3.05) is 31.6 Å². The molecule has 5 rings (SSSR count). The molecule has 3 heterocycles. The van der Waals surface area contributed by atoms with E-state index in [0.717, 1.165) is 26.2 Å². The number of benzene rings is 2. The lowest BCUT2D eigenvalue weighted by atomic mass is 10.1. The van der Waals surface area contributed by atoms with Gasteiger partial charge >= 0.3 is 0 Å². The van der Waals surface area contributed by atoms with Gasteiger partial charge in [-0.3, -0.25) is 9.59 Å². The summed E-state index contributed by atoms with van der Waals surface area (Å²) >= 11 is 2.77. The van der Waals surface area contributed by atoms with Gasteiger partial charge in [-0.1, -0.05) is 42.5 Å². The lowest BCUT2D eigenvalue weighted by molar-refractivity contribution is 0.0303. The first-order chi connectivity index (χ1) is 15.6. The third-order valence-corrected chi connectivity index (χ3v) is 7.70. The van der Waals surface area contributed by atoms with Gasteiger partial charge in [-0.05, 0) is 30.2 Å². The van der Waals surface area contributed by atoms with E-state index in [1.54, 1.807) is 4.90 Å². The van der Waals surface area contributed by atoms with Crippen molar-refractivity contribution in [3.8, 4) is 10.4 Å². The molecule has 8 heteroatoms. The first-order valence-corrected chi connectivity index (χ1v) is 12.0. The molecular weight excluding hydrogens is 442 g/mol. The van der Waals surface area contributed by atoms with Crippen molar-refractivity contribution in [1.29, 1.82) is 0 Å². The van der Waals surface area contributed by atoms with Crippen molar-refractivity contribution < 1.29 is 14.3 Å². The number of nitrogens with one attached hydrogen (secondary N) is 1. The number of carbonyl (C=O) groups is 2. The number of anilines is 1. The second-order valence-corrected chi connectivity index (χ2v) is 9.52.